The fraction of sp³-hybridized carbons (Fsp3) is 0.207. The molecular formula is C29H26F2N4O6. The molecule has 1 aliphatic heterocycles. The topological polar surface area (TPSA) is 115 Å². The standard InChI is InChI=1S/C29H26F2N4O6/c1-4-25(36)34-19-13-17(35-7-9-40-10-8-35)5-6-18(19)33-24-12-16-11-22(41-23(16)15-32-24)29(37)26-27(30)20(38-2)14-21(39-3)28(26)31/h4-6,11-15H,1,7-10H2,2-3H3,(H,32,33)(H,34,36). The molecule has 1 fully saturated rings. The van der Waals surface area contributed by atoms with Gasteiger partial charge in [0.05, 0.1) is 45.0 Å². The monoisotopic (exact) mass is 564 g/mol. The lowest BCUT2D eigenvalue weighted by atomic mass is 10.1. The maximum absolute atomic E-state index is 14.9. The van der Waals surface area contributed by atoms with Crippen molar-refractivity contribution < 1.29 is 37.0 Å². The van der Waals surface area contributed by atoms with Crippen LogP contribution in [0, 0.1) is 11.6 Å². The summed E-state index contributed by atoms with van der Waals surface area (Å²) in [5.74, 6) is -4.41. The van der Waals surface area contributed by atoms with Crippen LogP contribution in [0.1, 0.15) is 16.1 Å². The summed E-state index contributed by atoms with van der Waals surface area (Å²) in [7, 11) is 2.38. The second-order valence-electron chi connectivity index (χ2n) is 8.98. The van der Waals surface area contributed by atoms with Crippen LogP contribution in [0.3, 0.4) is 0 Å². The first-order valence-electron chi connectivity index (χ1n) is 12.5. The van der Waals surface area contributed by atoms with E-state index >= 15 is 0 Å². The van der Waals surface area contributed by atoms with Gasteiger partial charge in [0.15, 0.2) is 34.5 Å². The molecule has 1 amide bonds. The number of halogens is 2. The van der Waals surface area contributed by atoms with Crippen LogP contribution >= 0.6 is 0 Å². The van der Waals surface area contributed by atoms with Gasteiger partial charge in [0.2, 0.25) is 11.7 Å². The highest BCUT2D eigenvalue weighted by Crippen LogP contribution is 2.35. The summed E-state index contributed by atoms with van der Waals surface area (Å²) in [5, 5.41) is 6.41. The van der Waals surface area contributed by atoms with E-state index in [1.807, 2.05) is 12.1 Å². The molecule has 0 bridgehead atoms. The van der Waals surface area contributed by atoms with Crippen LogP contribution in [0.4, 0.5) is 31.7 Å². The third-order valence-corrected chi connectivity index (χ3v) is 6.51. The fourth-order valence-corrected chi connectivity index (χ4v) is 4.42. The van der Waals surface area contributed by atoms with Crippen LogP contribution in [0.2, 0.25) is 0 Å². The zero-order chi connectivity index (χ0) is 29.1. The number of methoxy groups -OCH3 is 2. The zero-order valence-corrected chi connectivity index (χ0v) is 22.3. The zero-order valence-electron chi connectivity index (χ0n) is 22.3. The number of benzene rings is 2. The van der Waals surface area contributed by atoms with Crippen molar-refractivity contribution in [2.45, 2.75) is 0 Å². The maximum Gasteiger partial charge on any atom is 0.247 e. The van der Waals surface area contributed by atoms with Crippen LogP contribution in [0.15, 0.2) is 59.7 Å². The molecule has 4 aromatic rings. The lowest BCUT2D eigenvalue weighted by molar-refractivity contribution is -0.111. The van der Waals surface area contributed by atoms with E-state index in [0.717, 1.165) is 24.8 Å². The van der Waals surface area contributed by atoms with Gasteiger partial charge in [0.25, 0.3) is 0 Å². The van der Waals surface area contributed by atoms with Crippen LogP contribution < -0.4 is 25.0 Å². The normalized spacial score (nSPS) is 13.1. The summed E-state index contributed by atoms with van der Waals surface area (Å²) in [5.41, 5.74) is 1.32. The van der Waals surface area contributed by atoms with Crippen LogP contribution in [0.5, 0.6) is 11.5 Å². The number of morpholine rings is 1. The van der Waals surface area contributed by atoms with E-state index in [1.54, 1.807) is 12.1 Å². The third-order valence-electron chi connectivity index (χ3n) is 6.51. The lowest BCUT2D eigenvalue weighted by Crippen LogP contribution is -2.36. The Balaban J connectivity index is 1.45. The number of fused-ring (bicyclic) bond motifs is 1. The first-order valence-corrected chi connectivity index (χ1v) is 12.5. The molecule has 0 saturated carbocycles. The Labute approximate surface area is 233 Å². The van der Waals surface area contributed by atoms with E-state index in [4.69, 9.17) is 18.6 Å². The highest BCUT2D eigenvalue weighted by Gasteiger charge is 2.28. The molecule has 212 valence electrons. The van der Waals surface area contributed by atoms with E-state index in [9.17, 15) is 18.4 Å². The summed E-state index contributed by atoms with van der Waals surface area (Å²) < 4.78 is 50.6. The molecule has 5 rings (SSSR count). The summed E-state index contributed by atoms with van der Waals surface area (Å²) in [4.78, 5) is 31.7. The minimum absolute atomic E-state index is 0.220. The number of hydrogen-bond acceptors (Lipinski definition) is 9. The van der Waals surface area contributed by atoms with Gasteiger partial charge in [-0.1, -0.05) is 6.58 Å². The summed E-state index contributed by atoms with van der Waals surface area (Å²) in [6.45, 7) is 6.17. The van der Waals surface area contributed by atoms with Crippen molar-refractivity contribution >= 4 is 45.5 Å². The number of pyridine rings is 1. The number of rotatable bonds is 9. The number of ketones is 1. The summed E-state index contributed by atoms with van der Waals surface area (Å²) >= 11 is 0. The predicted molar refractivity (Wildman–Crippen MR) is 148 cm³/mol. The number of hydrogen-bond donors (Lipinski definition) is 2. The number of furan rings is 1. The van der Waals surface area contributed by atoms with Gasteiger partial charge >= 0.3 is 0 Å². The SMILES string of the molecule is C=CC(=O)Nc1cc(N2CCOCC2)ccc1Nc1cc2cc(C(=O)c3c(F)c(OC)cc(OC)c3F)oc2cn1. The second-order valence-corrected chi connectivity index (χ2v) is 8.98. The second kappa shape index (κ2) is 11.6. The Bertz CT molecular complexity index is 1620. The molecule has 1 saturated heterocycles. The Morgan fingerprint density at radius 1 is 1.02 bits per heavy atom. The van der Waals surface area contributed by atoms with Gasteiger partial charge in [-0.2, -0.15) is 0 Å². The van der Waals surface area contributed by atoms with E-state index in [1.165, 1.54) is 32.6 Å². The number of carbonyl (C=O) groups excluding carboxylic acids is 2. The number of ether oxygens (including phenoxy) is 3. The maximum atomic E-state index is 14.9. The van der Waals surface area contributed by atoms with E-state index < -0.39 is 23.0 Å². The molecular weight excluding hydrogens is 538 g/mol. The molecule has 0 aliphatic carbocycles. The molecule has 2 N–H and O–H groups in total. The Morgan fingerprint density at radius 2 is 1.73 bits per heavy atom. The number of anilines is 4. The minimum atomic E-state index is -1.17. The highest BCUT2D eigenvalue weighted by molar-refractivity contribution is 6.10. The van der Waals surface area contributed by atoms with E-state index in [2.05, 4.69) is 27.1 Å². The fourth-order valence-electron chi connectivity index (χ4n) is 4.42. The quantitative estimate of drug-likeness (QED) is 0.213. The average Bonchev–Trinajstić information content (AvgIpc) is 3.42. The summed E-state index contributed by atoms with van der Waals surface area (Å²) in [6, 6.07) is 9.53. The molecule has 0 spiro atoms. The molecule has 10 nitrogen and oxygen atoms in total. The summed E-state index contributed by atoms with van der Waals surface area (Å²) in [6.07, 6.45) is 2.54. The molecule has 0 atom stereocenters. The van der Waals surface area contributed by atoms with Crippen molar-refractivity contribution in [2.24, 2.45) is 0 Å². The van der Waals surface area contributed by atoms with E-state index in [-0.39, 0.29) is 28.7 Å². The van der Waals surface area contributed by atoms with Gasteiger partial charge < -0.3 is 34.2 Å². The first kappa shape index (κ1) is 27.6. The largest absolute Gasteiger partial charge is 0.494 e. The van der Waals surface area contributed by atoms with Crippen molar-refractivity contribution in [3.05, 3.63) is 78.2 Å². The third kappa shape index (κ3) is 5.54. The van der Waals surface area contributed by atoms with Crippen LogP contribution in [-0.4, -0.2) is 57.2 Å². The van der Waals surface area contributed by atoms with Gasteiger partial charge in [-0.15, -0.1) is 0 Å². The molecule has 1 aliphatic rings. The Kier molecular flexibility index (Phi) is 7.83. The Morgan fingerprint density at radius 3 is 2.39 bits per heavy atom. The number of carbonyl (C=O) groups is 2. The Hall–Kier alpha value is -4.97. The molecule has 12 heteroatoms. The number of amides is 1. The first-order chi connectivity index (χ1) is 19.8. The molecule has 41 heavy (non-hydrogen) atoms. The highest BCUT2D eigenvalue weighted by atomic mass is 19.1. The van der Waals surface area contributed by atoms with Crippen molar-refractivity contribution in [1.29, 1.82) is 0 Å². The number of nitrogens with one attached hydrogen (secondary N) is 2. The van der Waals surface area contributed by atoms with Gasteiger partial charge in [-0.05, 0) is 36.4 Å². The van der Waals surface area contributed by atoms with Crippen molar-refractivity contribution in [1.82, 2.24) is 4.98 Å². The molecule has 2 aromatic heterocycles. The average molecular weight is 565 g/mol. The molecule has 0 unspecified atom stereocenters. The van der Waals surface area contributed by atoms with Crippen LogP contribution in [-0.2, 0) is 9.53 Å². The van der Waals surface area contributed by atoms with Crippen molar-refractivity contribution in [2.75, 3.05) is 56.1 Å². The minimum Gasteiger partial charge on any atom is -0.494 e. The van der Waals surface area contributed by atoms with Gasteiger partial charge in [0, 0.05) is 30.2 Å². The molecule has 3 heterocycles. The van der Waals surface area contributed by atoms with Gasteiger partial charge in [0.1, 0.15) is 11.4 Å². The van der Waals surface area contributed by atoms with Gasteiger partial charge in [-0.3, -0.25) is 9.59 Å². The van der Waals surface area contributed by atoms with Gasteiger partial charge in [-0.25, -0.2) is 13.8 Å². The number of nitrogens with zero attached hydrogens (tertiary/aromatic N) is 2. The van der Waals surface area contributed by atoms with E-state index in [0.29, 0.717) is 35.8 Å². The van der Waals surface area contributed by atoms with Crippen molar-refractivity contribution in [3.63, 3.8) is 0 Å². The molecule has 0 radical (unpaired) electrons. The van der Waals surface area contributed by atoms with Crippen LogP contribution in [0.25, 0.3) is 11.0 Å². The smallest absolute Gasteiger partial charge is 0.247 e. The predicted octanol–water partition coefficient (Wildman–Crippen LogP) is 5.06. The number of aromatic nitrogens is 1. The van der Waals surface area contributed by atoms with Crippen molar-refractivity contribution in [3.8, 4) is 11.5 Å². The molecule has 2 aromatic carbocycles. The lowest BCUT2D eigenvalue weighted by Gasteiger charge is -2.29.